The van der Waals surface area contributed by atoms with Crippen LogP contribution in [0.1, 0.15) is 51.4 Å². The zero-order valence-corrected chi connectivity index (χ0v) is 17.7. The topological polar surface area (TPSA) is 73.3 Å². The SMILES string of the molecule is CN1CCC(CCC(=O)O)CC1.CON(C)C(=O)CCC1CCN(C)CC1. The van der Waals surface area contributed by atoms with Gasteiger partial charge < -0.3 is 14.9 Å². The fourth-order valence-electron chi connectivity index (χ4n) is 3.62. The summed E-state index contributed by atoms with van der Waals surface area (Å²) >= 11 is 0. The third-order valence-electron chi connectivity index (χ3n) is 5.83. The van der Waals surface area contributed by atoms with Gasteiger partial charge in [0.2, 0.25) is 5.91 Å². The minimum absolute atomic E-state index is 0.0800. The van der Waals surface area contributed by atoms with E-state index in [1.807, 2.05) is 0 Å². The molecule has 7 nitrogen and oxygen atoms in total. The van der Waals surface area contributed by atoms with E-state index in [-0.39, 0.29) is 5.91 Å². The fourth-order valence-corrected chi connectivity index (χ4v) is 3.62. The Morgan fingerprint density at radius 3 is 1.70 bits per heavy atom. The number of carbonyl (C=O) groups excluding carboxylic acids is 1. The Hall–Kier alpha value is -1.18. The lowest BCUT2D eigenvalue weighted by Gasteiger charge is -2.29. The molecule has 2 aliphatic rings. The summed E-state index contributed by atoms with van der Waals surface area (Å²) in [7, 11) is 7.46. The Morgan fingerprint density at radius 1 is 0.926 bits per heavy atom. The third-order valence-corrected chi connectivity index (χ3v) is 5.83. The molecule has 2 aliphatic heterocycles. The predicted molar refractivity (Wildman–Crippen MR) is 106 cm³/mol. The summed E-state index contributed by atoms with van der Waals surface area (Å²) in [5.41, 5.74) is 0. The predicted octanol–water partition coefficient (Wildman–Crippen LogP) is 2.32. The Bertz CT molecular complexity index is 431. The Kier molecular flexibility index (Phi) is 11.6. The van der Waals surface area contributed by atoms with Gasteiger partial charge in [-0.15, -0.1) is 0 Å². The van der Waals surface area contributed by atoms with Gasteiger partial charge in [0.1, 0.15) is 0 Å². The van der Waals surface area contributed by atoms with Crippen LogP contribution in [0.5, 0.6) is 0 Å². The Balaban J connectivity index is 0.000000277. The number of likely N-dealkylation sites (tertiary alicyclic amines) is 2. The lowest BCUT2D eigenvalue weighted by Crippen LogP contribution is -2.31. The summed E-state index contributed by atoms with van der Waals surface area (Å²) in [5, 5.41) is 9.80. The van der Waals surface area contributed by atoms with Gasteiger partial charge in [-0.05, 0) is 90.6 Å². The maximum absolute atomic E-state index is 11.5. The van der Waals surface area contributed by atoms with Gasteiger partial charge in [-0.25, -0.2) is 5.06 Å². The summed E-state index contributed by atoms with van der Waals surface area (Å²) in [6.45, 7) is 4.59. The number of carboxylic acid groups (broad SMARTS) is 1. The largest absolute Gasteiger partial charge is 0.481 e. The molecule has 1 N–H and O–H groups in total. The second-order valence-electron chi connectivity index (χ2n) is 8.04. The lowest BCUT2D eigenvalue weighted by molar-refractivity contribution is -0.169. The summed E-state index contributed by atoms with van der Waals surface area (Å²) in [5.74, 6) is 0.790. The molecule has 0 aromatic carbocycles. The average molecular weight is 386 g/mol. The molecule has 0 unspecified atom stereocenters. The van der Waals surface area contributed by atoms with Crippen LogP contribution in [0, 0.1) is 11.8 Å². The molecule has 1 amide bonds. The molecule has 0 atom stereocenters. The highest BCUT2D eigenvalue weighted by molar-refractivity contribution is 5.74. The highest BCUT2D eigenvalue weighted by Gasteiger charge is 2.19. The zero-order chi connectivity index (χ0) is 20.2. The Morgan fingerprint density at radius 2 is 1.33 bits per heavy atom. The van der Waals surface area contributed by atoms with Crippen LogP contribution in [-0.2, 0) is 14.4 Å². The van der Waals surface area contributed by atoms with Gasteiger partial charge in [-0.1, -0.05) is 0 Å². The number of piperidine rings is 2. The highest BCUT2D eigenvalue weighted by atomic mass is 16.7. The first-order valence-electron chi connectivity index (χ1n) is 10.2. The van der Waals surface area contributed by atoms with Crippen molar-refractivity contribution < 1.29 is 19.5 Å². The number of nitrogens with zero attached hydrogens (tertiary/aromatic N) is 3. The first-order valence-corrected chi connectivity index (χ1v) is 10.2. The van der Waals surface area contributed by atoms with Crippen LogP contribution in [0.15, 0.2) is 0 Å². The number of carboxylic acids is 1. The van der Waals surface area contributed by atoms with Crippen molar-refractivity contribution in [2.45, 2.75) is 51.4 Å². The van der Waals surface area contributed by atoms with Gasteiger partial charge in [0, 0.05) is 19.9 Å². The molecule has 27 heavy (non-hydrogen) atoms. The number of amides is 1. The van der Waals surface area contributed by atoms with E-state index >= 15 is 0 Å². The second-order valence-corrected chi connectivity index (χ2v) is 8.04. The van der Waals surface area contributed by atoms with Crippen LogP contribution in [0.2, 0.25) is 0 Å². The molecule has 2 saturated heterocycles. The summed E-state index contributed by atoms with van der Waals surface area (Å²) in [6, 6.07) is 0. The standard InChI is InChI=1S/C11H22N2O2.C9H17NO2/c1-12-8-6-10(7-9-12)4-5-11(14)13(2)15-3;1-10-6-4-8(5-7-10)2-3-9(11)12/h10H,4-9H2,1-3H3;8H,2-7H2,1H3,(H,11,12). The molecule has 0 saturated carbocycles. The minimum atomic E-state index is -0.658. The number of hydrogen-bond donors (Lipinski definition) is 1. The van der Waals surface area contributed by atoms with Crippen molar-refractivity contribution in [2.24, 2.45) is 11.8 Å². The number of hydroxylamine groups is 2. The molecule has 0 aromatic heterocycles. The fraction of sp³-hybridized carbons (Fsp3) is 0.900. The molecular formula is C20H39N3O4. The molecule has 2 heterocycles. The van der Waals surface area contributed by atoms with Crippen molar-refractivity contribution in [1.82, 2.24) is 14.9 Å². The van der Waals surface area contributed by atoms with Crippen LogP contribution in [-0.4, -0.2) is 86.3 Å². The number of aliphatic carboxylic acids is 1. The molecule has 0 aromatic rings. The van der Waals surface area contributed by atoms with Crippen molar-refractivity contribution in [3.63, 3.8) is 0 Å². The number of hydrogen-bond acceptors (Lipinski definition) is 5. The molecule has 0 spiro atoms. The van der Waals surface area contributed by atoms with Crippen LogP contribution < -0.4 is 0 Å². The maximum atomic E-state index is 11.5. The minimum Gasteiger partial charge on any atom is -0.481 e. The van der Waals surface area contributed by atoms with Crippen molar-refractivity contribution in [3.05, 3.63) is 0 Å². The number of rotatable bonds is 7. The summed E-state index contributed by atoms with van der Waals surface area (Å²) in [6.07, 6.45) is 7.60. The van der Waals surface area contributed by atoms with Gasteiger partial charge in [0.15, 0.2) is 0 Å². The van der Waals surface area contributed by atoms with E-state index in [1.165, 1.54) is 50.9 Å². The molecule has 158 valence electrons. The van der Waals surface area contributed by atoms with Crippen molar-refractivity contribution in [1.29, 1.82) is 0 Å². The molecule has 2 fully saturated rings. The molecule has 0 aliphatic carbocycles. The van der Waals surface area contributed by atoms with E-state index in [1.54, 1.807) is 7.05 Å². The third kappa shape index (κ3) is 10.7. The molecule has 0 radical (unpaired) electrons. The summed E-state index contributed by atoms with van der Waals surface area (Å²) in [4.78, 5) is 31.3. The van der Waals surface area contributed by atoms with E-state index in [2.05, 4.69) is 23.9 Å². The van der Waals surface area contributed by atoms with Crippen molar-refractivity contribution in [3.8, 4) is 0 Å². The van der Waals surface area contributed by atoms with Crippen LogP contribution in [0.4, 0.5) is 0 Å². The van der Waals surface area contributed by atoms with Gasteiger partial charge >= 0.3 is 5.97 Å². The highest BCUT2D eigenvalue weighted by Crippen LogP contribution is 2.21. The quantitative estimate of drug-likeness (QED) is 0.678. The zero-order valence-electron chi connectivity index (χ0n) is 17.7. The van der Waals surface area contributed by atoms with Crippen molar-refractivity contribution >= 4 is 11.9 Å². The molecular weight excluding hydrogens is 346 g/mol. The van der Waals surface area contributed by atoms with Gasteiger partial charge in [0.05, 0.1) is 7.11 Å². The normalized spacial score (nSPS) is 20.0. The van der Waals surface area contributed by atoms with E-state index in [9.17, 15) is 9.59 Å². The van der Waals surface area contributed by atoms with Gasteiger partial charge in [0.25, 0.3) is 0 Å². The van der Waals surface area contributed by atoms with Crippen molar-refractivity contribution in [2.75, 3.05) is 54.4 Å². The van der Waals surface area contributed by atoms with Crippen LogP contribution in [0.3, 0.4) is 0 Å². The number of carbonyl (C=O) groups is 2. The van der Waals surface area contributed by atoms with E-state index in [0.717, 1.165) is 31.8 Å². The van der Waals surface area contributed by atoms with Gasteiger partial charge in [-0.2, -0.15) is 0 Å². The second kappa shape index (κ2) is 13.1. The maximum Gasteiger partial charge on any atom is 0.303 e. The van der Waals surface area contributed by atoms with Gasteiger partial charge in [-0.3, -0.25) is 14.4 Å². The molecule has 0 bridgehead atoms. The van der Waals surface area contributed by atoms with E-state index in [4.69, 9.17) is 9.94 Å². The molecule has 2 rings (SSSR count). The van der Waals surface area contributed by atoms with E-state index in [0.29, 0.717) is 18.8 Å². The smallest absolute Gasteiger partial charge is 0.303 e. The van der Waals surface area contributed by atoms with E-state index < -0.39 is 5.97 Å². The first kappa shape index (κ1) is 23.9. The Labute approximate surface area is 164 Å². The van der Waals surface area contributed by atoms with Crippen LogP contribution in [0.25, 0.3) is 0 Å². The lowest BCUT2D eigenvalue weighted by atomic mass is 9.92. The first-order chi connectivity index (χ1) is 12.8. The average Bonchev–Trinajstić information content (AvgIpc) is 2.66. The summed E-state index contributed by atoms with van der Waals surface area (Å²) < 4.78 is 0. The van der Waals surface area contributed by atoms with Crippen LogP contribution >= 0.6 is 0 Å². The monoisotopic (exact) mass is 385 g/mol. The molecule has 7 heteroatoms.